The molecule has 2 N–H and O–H groups in total. The summed E-state index contributed by atoms with van der Waals surface area (Å²) in [5, 5.41) is 13.8. The highest BCUT2D eigenvalue weighted by atomic mass is 16.6. The molecule has 0 aliphatic heterocycles. The minimum absolute atomic E-state index is 0.0656. The summed E-state index contributed by atoms with van der Waals surface area (Å²) in [6, 6.07) is 5.27. The number of esters is 1. The lowest BCUT2D eigenvalue weighted by Gasteiger charge is -2.31. The summed E-state index contributed by atoms with van der Waals surface area (Å²) in [5.74, 6) is 1.32. The Kier molecular flexibility index (Phi) is 15.1. The lowest BCUT2D eigenvalue weighted by atomic mass is 9.82. The lowest BCUT2D eigenvalue weighted by Crippen LogP contribution is -2.47. The number of ether oxygens (including phenoxy) is 5. The lowest BCUT2D eigenvalue weighted by molar-refractivity contribution is -0.143. The van der Waals surface area contributed by atoms with Crippen LogP contribution in [0.25, 0.3) is 0 Å². The average Bonchev–Trinajstić information content (AvgIpc) is 2.83. The van der Waals surface area contributed by atoms with Crippen LogP contribution >= 0.6 is 0 Å². The smallest absolute Gasteiger partial charge is 0.407 e. The molecule has 38 heavy (non-hydrogen) atoms. The third-order valence-electron chi connectivity index (χ3n) is 6.09. The fourth-order valence-corrected chi connectivity index (χ4v) is 4.04. The SMILES string of the molecule is CCOC(=O)CC[C@H](O)[C@H](CC(Cc1ccc(OC)c(OCCCOC)c1)C(C)C)NC(=O)OC(C)(C)C. The van der Waals surface area contributed by atoms with Crippen molar-refractivity contribution in [2.45, 2.75) is 91.4 Å². The maximum absolute atomic E-state index is 12.6. The molecule has 0 bridgehead atoms. The molecule has 0 spiro atoms. The number of amides is 1. The number of nitrogens with one attached hydrogen (secondary N) is 1. The number of aliphatic hydroxyl groups is 1. The van der Waals surface area contributed by atoms with Crippen LogP contribution in [0.15, 0.2) is 18.2 Å². The summed E-state index contributed by atoms with van der Waals surface area (Å²) < 4.78 is 26.9. The molecule has 0 radical (unpaired) electrons. The minimum Gasteiger partial charge on any atom is -0.493 e. The molecule has 1 amide bonds. The molecule has 0 saturated heterocycles. The first-order valence-corrected chi connectivity index (χ1v) is 13.5. The molecule has 0 aliphatic carbocycles. The van der Waals surface area contributed by atoms with E-state index in [9.17, 15) is 14.7 Å². The number of hydrogen-bond acceptors (Lipinski definition) is 8. The summed E-state index contributed by atoms with van der Waals surface area (Å²) in [5.41, 5.74) is 0.383. The predicted molar refractivity (Wildman–Crippen MR) is 147 cm³/mol. The summed E-state index contributed by atoms with van der Waals surface area (Å²) >= 11 is 0. The molecule has 0 saturated carbocycles. The standard InChI is InChI=1S/C29H49NO8/c1-9-36-27(32)14-12-24(31)23(30-28(33)38-29(4,5)6)19-22(20(2)3)17-21-11-13-25(35-8)26(18-21)37-16-10-15-34-7/h11,13,18,20,22-24,31H,9-10,12,14-17,19H2,1-8H3,(H,30,33)/t22?,23-,24-/m0/s1. The molecule has 1 unspecified atom stereocenters. The highest BCUT2D eigenvalue weighted by Gasteiger charge is 2.29. The molecule has 0 fully saturated rings. The van der Waals surface area contributed by atoms with E-state index in [2.05, 4.69) is 19.2 Å². The summed E-state index contributed by atoms with van der Waals surface area (Å²) in [7, 11) is 3.27. The first-order valence-electron chi connectivity index (χ1n) is 13.5. The fourth-order valence-electron chi connectivity index (χ4n) is 4.04. The number of carbonyl (C=O) groups excluding carboxylic acids is 2. The third kappa shape index (κ3) is 13.3. The zero-order valence-corrected chi connectivity index (χ0v) is 24.5. The van der Waals surface area contributed by atoms with E-state index in [1.165, 1.54) is 0 Å². The molecule has 3 atom stereocenters. The van der Waals surface area contributed by atoms with Crippen molar-refractivity contribution in [2.24, 2.45) is 11.8 Å². The van der Waals surface area contributed by atoms with E-state index in [-0.39, 0.29) is 37.3 Å². The highest BCUT2D eigenvalue weighted by molar-refractivity contribution is 5.69. The quantitative estimate of drug-likeness (QED) is 0.212. The Morgan fingerprint density at radius 2 is 1.79 bits per heavy atom. The van der Waals surface area contributed by atoms with E-state index in [1.807, 2.05) is 18.2 Å². The first-order chi connectivity index (χ1) is 17.9. The Morgan fingerprint density at radius 3 is 2.37 bits per heavy atom. The van der Waals surface area contributed by atoms with Crippen molar-refractivity contribution in [1.29, 1.82) is 0 Å². The Balaban J connectivity index is 3.06. The van der Waals surface area contributed by atoms with Crippen molar-refractivity contribution in [2.75, 3.05) is 34.0 Å². The number of methoxy groups -OCH3 is 2. The first kappa shape index (κ1) is 33.5. The van der Waals surface area contributed by atoms with Gasteiger partial charge in [-0.1, -0.05) is 19.9 Å². The number of aliphatic hydroxyl groups excluding tert-OH is 1. The van der Waals surface area contributed by atoms with Crippen LogP contribution in [0.5, 0.6) is 11.5 Å². The van der Waals surface area contributed by atoms with Crippen molar-refractivity contribution in [1.82, 2.24) is 5.32 Å². The minimum atomic E-state index is -0.941. The topological polar surface area (TPSA) is 113 Å². The molecular formula is C29H49NO8. The van der Waals surface area contributed by atoms with Gasteiger partial charge in [-0.3, -0.25) is 4.79 Å². The molecule has 1 aromatic carbocycles. The van der Waals surface area contributed by atoms with Gasteiger partial charge >= 0.3 is 12.1 Å². The van der Waals surface area contributed by atoms with Crippen molar-refractivity contribution < 1.29 is 38.4 Å². The average molecular weight is 540 g/mol. The van der Waals surface area contributed by atoms with Crippen LogP contribution in [-0.2, 0) is 25.4 Å². The van der Waals surface area contributed by atoms with Gasteiger partial charge in [-0.2, -0.15) is 0 Å². The van der Waals surface area contributed by atoms with Gasteiger partial charge < -0.3 is 34.1 Å². The second-order valence-corrected chi connectivity index (χ2v) is 10.8. The van der Waals surface area contributed by atoms with Gasteiger partial charge in [0.2, 0.25) is 0 Å². The molecule has 9 heteroatoms. The van der Waals surface area contributed by atoms with Crippen LogP contribution in [0.2, 0.25) is 0 Å². The van der Waals surface area contributed by atoms with Crippen LogP contribution in [0.1, 0.15) is 72.8 Å². The summed E-state index contributed by atoms with van der Waals surface area (Å²) in [4.78, 5) is 24.5. The van der Waals surface area contributed by atoms with Gasteiger partial charge in [0.15, 0.2) is 11.5 Å². The highest BCUT2D eigenvalue weighted by Crippen LogP contribution is 2.31. The number of hydrogen-bond donors (Lipinski definition) is 2. The van der Waals surface area contributed by atoms with E-state index in [0.29, 0.717) is 37.6 Å². The molecule has 0 heterocycles. The van der Waals surface area contributed by atoms with Crippen molar-refractivity contribution in [3.05, 3.63) is 23.8 Å². The Hall–Kier alpha value is -2.52. The number of alkyl carbamates (subject to hydrolysis) is 1. The molecule has 0 aliphatic rings. The molecule has 218 valence electrons. The van der Waals surface area contributed by atoms with Crippen molar-refractivity contribution in [3.8, 4) is 11.5 Å². The maximum atomic E-state index is 12.6. The summed E-state index contributed by atoms with van der Waals surface area (Å²) in [6.07, 6.45) is 0.659. The third-order valence-corrected chi connectivity index (χ3v) is 6.09. The van der Waals surface area contributed by atoms with Gasteiger partial charge in [0.05, 0.1) is 32.5 Å². The van der Waals surface area contributed by atoms with Gasteiger partial charge in [0.1, 0.15) is 5.60 Å². The van der Waals surface area contributed by atoms with Crippen LogP contribution < -0.4 is 14.8 Å². The Morgan fingerprint density at radius 1 is 1.08 bits per heavy atom. The predicted octanol–water partition coefficient (Wildman–Crippen LogP) is 4.91. The van der Waals surface area contributed by atoms with Gasteiger partial charge in [-0.15, -0.1) is 0 Å². The largest absolute Gasteiger partial charge is 0.493 e. The normalized spacial score (nSPS) is 13.9. The van der Waals surface area contributed by atoms with Gasteiger partial charge in [0.25, 0.3) is 0 Å². The van der Waals surface area contributed by atoms with Gasteiger partial charge in [-0.05, 0) is 76.5 Å². The monoisotopic (exact) mass is 539 g/mol. The molecule has 0 aromatic heterocycles. The second kappa shape index (κ2) is 17.1. The zero-order chi connectivity index (χ0) is 28.7. The fraction of sp³-hybridized carbons (Fsp3) is 0.724. The molecule has 9 nitrogen and oxygen atoms in total. The Bertz CT molecular complexity index is 836. The van der Waals surface area contributed by atoms with Crippen LogP contribution in [-0.4, -0.2) is 69.0 Å². The maximum Gasteiger partial charge on any atom is 0.407 e. The van der Waals surface area contributed by atoms with Crippen LogP contribution in [0, 0.1) is 11.8 Å². The molecule has 1 aromatic rings. The number of benzene rings is 1. The molecular weight excluding hydrogens is 490 g/mol. The van der Waals surface area contributed by atoms with Crippen molar-refractivity contribution in [3.63, 3.8) is 0 Å². The van der Waals surface area contributed by atoms with E-state index < -0.39 is 23.8 Å². The number of rotatable bonds is 17. The van der Waals surface area contributed by atoms with E-state index in [1.54, 1.807) is 41.9 Å². The second-order valence-electron chi connectivity index (χ2n) is 10.8. The van der Waals surface area contributed by atoms with E-state index >= 15 is 0 Å². The zero-order valence-electron chi connectivity index (χ0n) is 24.5. The molecule has 1 rings (SSSR count). The van der Waals surface area contributed by atoms with E-state index in [4.69, 9.17) is 23.7 Å². The van der Waals surface area contributed by atoms with Gasteiger partial charge in [-0.25, -0.2) is 4.79 Å². The van der Waals surface area contributed by atoms with Gasteiger partial charge in [0, 0.05) is 26.6 Å². The number of carbonyl (C=O) groups is 2. The van der Waals surface area contributed by atoms with Crippen LogP contribution in [0.3, 0.4) is 0 Å². The van der Waals surface area contributed by atoms with Crippen molar-refractivity contribution >= 4 is 12.1 Å². The Labute approximate surface area is 228 Å². The summed E-state index contributed by atoms with van der Waals surface area (Å²) in [6.45, 7) is 12.7. The van der Waals surface area contributed by atoms with Crippen LogP contribution in [0.4, 0.5) is 4.79 Å². The van der Waals surface area contributed by atoms with E-state index in [0.717, 1.165) is 12.0 Å².